The van der Waals surface area contributed by atoms with E-state index in [0.29, 0.717) is 37.8 Å². The Kier molecular flexibility index (Phi) is 10.4. The van der Waals surface area contributed by atoms with Gasteiger partial charge in [-0.2, -0.15) is 0 Å². The van der Waals surface area contributed by atoms with Crippen molar-refractivity contribution in [1.29, 1.82) is 0 Å². The second-order valence-electron chi connectivity index (χ2n) is 5.64. The summed E-state index contributed by atoms with van der Waals surface area (Å²) in [6.07, 6.45) is 0.673. The normalized spacial score (nSPS) is 10.7. The van der Waals surface area contributed by atoms with Crippen LogP contribution in [-0.2, 0) is 13.0 Å². The van der Waals surface area contributed by atoms with E-state index in [0.717, 1.165) is 16.9 Å². The highest BCUT2D eigenvalue weighted by atomic mass is 127. The lowest BCUT2D eigenvalue weighted by Crippen LogP contribution is -2.37. The van der Waals surface area contributed by atoms with Gasteiger partial charge in [-0.1, -0.05) is 24.3 Å². The Labute approximate surface area is 178 Å². The number of ether oxygens (including phenoxy) is 2. The maximum Gasteiger partial charge on any atom is 0.191 e. The second-order valence-corrected chi connectivity index (χ2v) is 5.64. The lowest BCUT2D eigenvalue weighted by molar-refractivity contribution is 0.336. The molecule has 0 radical (unpaired) electrons. The van der Waals surface area contributed by atoms with E-state index in [1.807, 2.05) is 43.3 Å². The van der Waals surface area contributed by atoms with E-state index in [1.54, 1.807) is 20.2 Å². The van der Waals surface area contributed by atoms with Gasteiger partial charge in [-0.3, -0.25) is 4.99 Å². The fraction of sp³-hybridized carbons (Fsp3) is 0.350. The summed E-state index contributed by atoms with van der Waals surface area (Å²) in [5, 5.41) is 16.5. The number of aliphatic imine (C=N–C) groups is 1. The van der Waals surface area contributed by atoms with Crippen LogP contribution >= 0.6 is 24.0 Å². The molecular weight excluding hydrogens is 457 g/mol. The third-order valence-electron chi connectivity index (χ3n) is 3.92. The van der Waals surface area contributed by atoms with Crippen molar-refractivity contribution in [2.75, 3.05) is 27.3 Å². The van der Waals surface area contributed by atoms with E-state index in [9.17, 15) is 5.11 Å². The van der Waals surface area contributed by atoms with E-state index in [2.05, 4.69) is 15.6 Å². The molecule has 27 heavy (non-hydrogen) atoms. The van der Waals surface area contributed by atoms with Crippen molar-refractivity contribution in [2.24, 2.45) is 4.99 Å². The summed E-state index contributed by atoms with van der Waals surface area (Å²) in [4.78, 5) is 4.23. The van der Waals surface area contributed by atoms with Crippen LogP contribution in [0.3, 0.4) is 0 Å². The summed E-state index contributed by atoms with van der Waals surface area (Å²) in [6, 6.07) is 13.3. The summed E-state index contributed by atoms with van der Waals surface area (Å²) in [6.45, 7) is 3.87. The average Bonchev–Trinajstić information content (AvgIpc) is 2.66. The van der Waals surface area contributed by atoms with Gasteiger partial charge in [-0.15, -0.1) is 24.0 Å². The van der Waals surface area contributed by atoms with Gasteiger partial charge in [0.15, 0.2) is 5.96 Å². The van der Waals surface area contributed by atoms with Crippen LogP contribution in [0.15, 0.2) is 47.5 Å². The minimum absolute atomic E-state index is 0. The number of hydrogen-bond acceptors (Lipinski definition) is 4. The molecule has 0 fully saturated rings. The topological polar surface area (TPSA) is 75.1 Å². The Hall–Kier alpha value is -2.16. The smallest absolute Gasteiger partial charge is 0.191 e. The molecule has 3 N–H and O–H groups in total. The molecule has 6 nitrogen and oxygen atoms in total. The maximum absolute atomic E-state index is 10.0. The summed E-state index contributed by atoms with van der Waals surface area (Å²) in [5.41, 5.74) is 1.93. The van der Waals surface area contributed by atoms with Crippen molar-refractivity contribution in [2.45, 2.75) is 19.9 Å². The number of methoxy groups -OCH3 is 1. The van der Waals surface area contributed by atoms with Gasteiger partial charge in [-0.25, -0.2) is 0 Å². The number of phenolic OH excluding ortho intramolecular Hbond substituents is 1. The van der Waals surface area contributed by atoms with Crippen molar-refractivity contribution in [3.63, 3.8) is 0 Å². The highest BCUT2D eigenvalue weighted by Crippen LogP contribution is 2.23. The minimum atomic E-state index is 0. The molecule has 0 atom stereocenters. The molecule has 0 saturated carbocycles. The van der Waals surface area contributed by atoms with Gasteiger partial charge < -0.3 is 25.2 Å². The predicted octanol–water partition coefficient (Wildman–Crippen LogP) is 3.33. The third kappa shape index (κ3) is 7.16. The number of halogens is 1. The molecule has 2 aromatic carbocycles. The molecule has 0 aliphatic heterocycles. The minimum Gasteiger partial charge on any atom is -0.508 e. The van der Waals surface area contributed by atoms with Gasteiger partial charge in [0.25, 0.3) is 0 Å². The Balaban J connectivity index is 0.00000364. The number of nitrogens with one attached hydrogen (secondary N) is 2. The molecule has 0 heterocycles. The van der Waals surface area contributed by atoms with Crippen molar-refractivity contribution in [3.05, 3.63) is 53.6 Å². The summed E-state index contributed by atoms with van der Waals surface area (Å²) < 4.78 is 10.7. The average molecular weight is 485 g/mol. The van der Waals surface area contributed by atoms with Gasteiger partial charge in [0, 0.05) is 31.8 Å². The molecule has 0 amide bonds. The number of phenols is 1. The highest BCUT2D eigenvalue weighted by molar-refractivity contribution is 14.0. The molecule has 2 aromatic rings. The van der Waals surface area contributed by atoms with E-state index in [1.165, 1.54) is 0 Å². The monoisotopic (exact) mass is 485 g/mol. The highest BCUT2D eigenvalue weighted by Gasteiger charge is 2.06. The molecule has 0 aromatic heterocycles. The lowest BCUT2D eigenvalue weighted by Gasteiger charge is -2.14. The number of benzene rings is 2. The third-order valence-corrected chi connectivity index (χ3v) is 3.92. The molecular formula is C20H28IN3O3. The van der Waals surface area contributed by atoms with Crippen molar-refractivity contribution < 1.29 is 14.6 Å². The van der Waals surface area contributed by atoms with Crippen LogP contribution in [-0.4, -0.2) is 38.4 Å². The Morgan fingerprint density at radius 1 is 1.11 bits per heavy atom. The SMILES string of the molecule is CCOc1ccccc1CNC(=NC)NCCc1ccc(OC)cc1O.I. The van der Waals surface area contributed by atoms with Crippen LogP contribution in [0.25, 0.3) is 0 Å². The molecule has 0 spiro atoms. The second kappa shape index (κ2) is 12.3. The van der Waals surface area contributed by atoms with Gasteiger partial charge in [0.2, 0.25) is 0 Å². The Morgan fingerprint density at radius 2 is 1.89 bits per heavy atom. The number of guanidine groups is 1. The standard InChI is InChI=1S/C20H27N3O3.HI/c1-4-26-19-8-6-5-7-16(19)14-23-20(21-2)22-12-11-15-9-10-17(25-3)13-18(15)24;/h5-10,13,24H,4,11-12,14H2,1-3H3,(H2,21,22,23);1H. The number of rotatable bonds is 8. The van der Waals surface area contributed by atoms with Crippen molar-refractivity contribution in [3.8, 4) is 17.2 Å². The van der Waals surface area contributed by atoms with Gasteiger partial charge in [-0.05, 0) is 31.0 Å². The predicted molar refractivity (Wildman–Crippen MR) is 120 cm³/mol. The molecule has 0 saturated heterocycles. The zero-order chi connectivity index (χ0) is 18.8. The fourth-order valence-corrected chi connectivity index (χ4v) is 2.54. The van der Waals surface area contributed by atoms with E-state index in [-0.39, 0.29) is 29.7 Å². The largest absolute Gasteiger partial charge is 0.508 e. The fourth-order valence-electron chi connectivity index (χ4n) is 2.54. The lowest BCUT2D eigenvalue weighted by atomic mass is 10.1. The summed E-state index contributed by atoms with van der Waals surface area (Å²) in [7, 11) is 3.31. The summed E-state index contributed by atoms with van der Waals surface area (Å²) >= 11 is 0. The number of aromatic hydroxyl groups is 1. The van der Waals surface area contributed by atoms with Crippen LogP contribution in [0.1, 0.15) is 18.1 Å². The van der Waals surface area contributed by atoms with Crippen LogP contribution in [0, 0.1) is 0 Å². The van der Waals surface area contributed by atoms with Crippen molar-refractivity contribution >= 4 is 29.9 Å². The molecule has 2 rings (SSSR count). The molecule has 148 valence electrons. The molecule has 0 unspecified atom stereocenters. The number of nitrogens with zero attached hydrogens (tertiary/aromatic N) is 1. The number of para-hydroxylation sites is 1. The Bertz CT molecular complexity index is 738. The molecule has 7 heteroatoms. The molecule has 0 bridgehead atoms. The maximum atomic E-state index is 10.0. The van der Waals surface area contributed by atoms with Gasteiger partial charge in [0.05, 0.1) is 13.7 Å². The van der Waals surface area contributed by atoms with Crippen LogP contribution < -0.4 is 20.1 Å². The van der Waals surface area contributed by atoms with Crippen LogP contribution in [0.4, 0.5) is 0 Å². The number of hydrogen-bond donors (Lipinski definition) is 3. The first kappa shape index (κ1) is 22.9. The van der Waals surface area contributed by atoms with E-state index >= 15 is 0 Å². The first-order valence-electron chi connectivity index (χ1n) is 8.69. The quantitative estimate of drug-likeness (QED) is 0.304. The zero-order valence-corrected chi connectivity index (χ0v) is 18.3. The zero-order valence-electron chi connectivity index (χ0n) is 16.0. The van der Waals surface area contributed by atoms with E-state index < -0.39 is 0 Å². The van der Waals surface area contributed by atoms with E-state index in [4.69, 9.17) is 9.47 Å². The van der Waals surface area contributed by atoms with Gasteiger partial charge >= 0.3 is 0 Å². The van der Waals surface area contributed by atoms with Crippen molar-refractivity contribution in [1.82, 2.24) is 10.6 Å². The van der Waals surface area contributed by atoms with Gasteiger partial charge in [0.1, 0.15) is 17.2 Å². The first-order chi connectivity index (χ1) is 12.7. The molecule has 0 aliphatic rings. The van der Waals surface area contributed by atoms with Crippen LogP contribution in [0.5, 0.6) is 17.2 Å². The van der Waals surface area contributed by atoms with Crippen LogP contribution in [0.2, 0.25) is 0 Å². The molecule has 0 aliphatic carbocycles. The Morgan fingerprint density at radius 3 is 2.56 bits per heavy atom. The first-order valence-corrected chi connectivity index (χ1v) is 8.69. The summed E-state index contributed by atoms with van der Waals surface area (Å²) in [5.74, 6) is 2.45.